The molecule has 152 valence electrons. The summed E-state index contributed by atoms with van der Waals surface area (Å²) in [6.45, 7) is 1.57. The minimum absolute atomic E-state index is 0.192. The van der Waals surface area contributed by atoms with Gasteiger partial charge in [0.2, 0.25) is 0 Å². The van der Waals surface area contributed by atoms with E-state index >= 15 is 0 Å². The number of anilines is 2. The first-order chi connectivity index (χ1) is 14.5. The van der Waals surface area contributed by atoms with Crippen LogP contribution in [0.3, 0.4) is 0 Å². The monoisotopic (exact) mass is 464 g/mol. The summed E-state index contributed by atoms with van der Waals surface area (Å²) in [5.74, 6) is -0.908. The lowest BCUT2D eigenvalue weighted by Gasteiger charge is -2.21. The third-order valence-electron chi connectivity index (χ3n) is 5.39. The Labute approximate surface area is 183 Å². The van der Waals surface area contributed by atoms with Gasteiger partial charge in [-0.1, -0.05) is 46.3 Å². The van der Waals surface area contributed by atoms with Gasteiger partial charge in [-0.15, -0.1) is 0 Å². The summed E-state index contributed by atoms with van der Waals surface area (Å²) in [5.41, 5.74) is 3.11. The molecule has 3 aromatic rings. The third-order valence-corrected chi connectivity index (χ3v) is 5.92. The molecule has 0 aromatic heterocycles. The summed E-state index contributed by atoms with van der Waals surface area (Å²) < 4.78 is 0.885. The maximum Gasteiger partial charge on any atom is 0.337 e. The van der Waals surface area contributed by atoms with E-state index < -0.39 is 5.97 Å². The molecule has 1 aliphatic heterocycles. The van der Waals surface area contributed by atoms with Crippen LogP contribution < -0.4 is 10.2 Å². The molecule has 1 saturated heterocycles. The number of benzene rings is 3. The number of nitrogens with one attached hydrogen (secondary N) is 1. The Kier molecular flexibility index (Phi) is 5.86. The van der Waals surface area contributed by atoms with Crippen molar-refractivity contribution in [3.05, 3.63) is 94.0 Å². The van der Waals surface area contributed by atoms with Crippen LogP contribution >= 0.6 is 15.9 Å². The van der Waals surface area contributed by atoms with Crippen molar-refractivity contribution < 1.29 is 14.7 Å². The molecule has 1 unspecified atom stereocenters. The average Bonchev–Trinajstić information content (AvgIpc) is 3.25. The summed E-state index contributed by atoms with van der Waals surface area (Å²) in [6.07, 6.45) is 0.977. The van der Waals surface area contributed by atoms with Gasteiger partial charge in [-0.25, -0.2) is 4.79 Å². The zero-order chi connectivity index (χ0) is 21.1. The number of rotatable bonds is 5. The Morgan fingerprint density at radius 2 is 1.73 bits per heavy atom. The number of carbonyl (C=O) groups excluding carboxylic acids is 1. The van der Waals surface area contributed by atoms with E-state index in [0.717, 1.165) is 24.0 Å². The van der Waals surface area contributed by atoms with E-state index in [1.807, 2.05) is 18.2 Å². The highest BCUT2D eigenvalue weighted by Crippen LogP contribution is 2.33. The van der Waals surface area contributed by atoms with Crippen LogP contribution in [0.4, 0.5) is 11.4 Å². The molecule has 3 aromatic carbocycles. The molecule has 30 heavy (non-hydrogen) atoms. The van der Waals surface area contributed by atoms with E-state index in [2.05, 4.69) is 38.3 Å². The van der Waals surface area contributed by atoms with Gasteiger partial charge in [0.15, 0.2) is 0 Å². The highest BCUT2D eigenvalue weighted by molar-refractivity contribution is 9.10. The highest BCUT2D eigenvalue weighted by atomic mass is 79.9. The van der Waals surface area contributed by atoms with Crippen molar-refractivity contribution in [2.24, 2.45) is 0 Å². The molecular weight excluding hydrogens is 444 g/mol. The second-order valence-corrected chi connectivity index (χ2v) is 8.26. The van der Waals surface area contributed by atoms with Crippen LogP contribution in [0, 0.1) is 0 Å². The maximum atomic E-state index is 12.5. The van der Waals surface area contributed by atoms with E-state index in [1.54, 1.807) is 36.4 Å². The SMILES string of the molecule is O=C(Nc1ccc(N2CCC(c3ccccc3)C2)c(C(=O)O)c1)c1ccc(Br)cc1. The van der Waals surface area contributed by atoms with Crippen molar-refractivity contribution in [3.63, 3.8) is 0 Å². The van der Waals surface area contributed by atoms with Crippen LogP contribution in [0.2, 0.25) is 0 Å². The Balaban J connectivity index is 1.53. The molecule has 1 atom stereocenters. The minimum Gasteiger partial charge on any atom is -0.478 e. The zero-order valence-electron chi connectivity index (χ0n) is 16.2. The molecule has 4 rings (SSSR count). The number of carbonyl (C=O) groups is 2. The number of aromatic carboxylic acids is 1. The fourth-order valence-corrected chi connectivity index (χ4v) is 4.11. The molecule has 1 amide bonds. The third kappa shape index (κ3) is 4.39. The summed E-state index contributed by atoms with van der Waals surface area (Å²) in [5, 5.41) is 12.6. The Morgan fingerprint density at radius 3 is 2.43 bits per heavy atom. The van der Waals surface area contributed by atoms with Crippen molar-refractivity contribution >= 4 is 39.2 Å². The average molecular weight is 465 g/mol. The molecule has 0 radical (unpaired) electrons. The highest BCUT2D eigenvalue weighted by Gasteiger charge is 2.27. The molecule has 5 nitrogen and oxygen atoms in total. The van der Waals surface area contributed by atoms with Crippen LogP contribution in [0.25, 0.3) is 0 Å². The van der Waals surface area contributed by atoms with Crippen molar-refractivity contribution in [2.75, 3.05) is 23.3 Å². The molecular formula is C24H21BrN2O3. The second-order valence-electron chi connectivity index (χ2n) is 7.34. The maximum absolute atomic E-state index is 12.5. The second kappa shape index (κ2) is 8.71. The van der Waals surface area contributed by atoms with E-state index in [1.165, 1.54) is 11.6 Å². The van der Waals surface area contributed by atoms with E-state index in [0.29, 0.717) is 22.9 Å². The molecule has 1 aliphatic rings. The predicted molar refractivity (Wildman–Crippen MR) is 122 cm³/mol. The first-order valence-electron chi connectivity index (χ1n) is 9.75. The number of nitrogens with zero attached hydrogens (tertiary/aromatic N) is 1. The summed E-state index contributed by atoms with van der Waals surface area (Å²) in [7, 11) is 0. The zero-order valence-corrected chi connectivity index (χ0v) is 17.8. The van der Waals surface area contributed by atoms with E-state index in [9.17, 15) is 14.7 Å². The standard InChI is InChI=1S/C24H21BrN2O3/c25-19-8-6-17(7-9-19)23(28)26-20-10-11-22(21(14-20)24(29)30)27-13-12-18(15-27)16-4-2-1-3-5-16/h1-11,14,18H,12-13,15H2,(H,26,28)(H,29,30). The number of carboxylic acid groups (broad SMARTS) is 1. The Hall–Kier alpha value is -3.12. The molecule has 2 N–H and O–H groups in total. The summed E-state index contributed by atoms with van der Waals surface area (Å²) in [4.78, 5) is 26.5. The van der Waals surface area contributed by atoms with Crippen LogP contribution in [-0.4, -0.2) is 30.1 Å². The number of hydrogen-bond acceptors (Lipinski definition) is 3. The number of halogens is 1. The molecule has 0 bridgehead atoms. The molecule has 1 heterocycles. The van der Waals surface area contributed by atoms with Gasteiger partial charge in [-0.3, -0.25) is 4.79 Å². The minimum atomic E-state index is -1.01. The van der Waals surface area contributed by atoms with Crippen LogP contribution in [0.1, 0.15) is 38.6 Å². The fourth-order valence-electron chi connectivity index (χ4n) is 3.84. The van der Waals surface area contributed by atoms with Crippen LogP contribution in [0.5, 0.6) is 0 Å². The van der Waals surface area contributed by atoms with Gasteiger partial charge in [0.25, 0.3) is 5.91 Å². The van der Waals surface area contributed by atoms with Crippen molar-refractivity contribution in [1.82, 2.24) is 0 Å². The number of hydrogen-bond donors (Lipinski definition) is 2. The van der Waals surface area contributed by atoms with Gasteiger partial charge < -0.3 is 15.3 Å². The van der Waals surface area contributed by atoms with Crippen LogP contribution in [-0.2, 0) is 0 Å². The van der Waals surface area contributed by atoms with Gasteiger partial charge in [-0.2, -0.15) is 0 Å². The predicted octanol–water partition coefficient (Wildman–Crippen LogP) is 5.39. The lowest BCUT2D eigenvalue weighted by atomic mass is 9.99. The van der Waals surface area contributed by atoms with Gasteiger partial charge >= 0.3 is 5.97 Å². The van der Waals surface area contributed by atoms with Crippen molar-refractivity contribution in [1.29, 1.82) is 0 Å². The lowest BCUT2D eigenvalue weighted by molar-refractivity contribution is 0.0697. The number of amides is 1. The Morgan fingerprint density at radius 1 is 1.00 bits per heavy atom. The van der Waals surface area contributed by atoms with E-state index in [4.69, 9.17) is 0 Å². The van der Waals surface area contributed by atoms with Gasteiger partial charge in [-0.05, 0) is 54.4 Å². The lowest BCUT2D eigenvalue weighted by Crippen LogP contribution is -2.22. The normalized spacial score (nSPS) is 15.8. The Bertz CT molecular complexity index is 1070. The molecule has 0 saturated carbocycles. The quantitative estimate of drug-likeness (QED) is 0.530. The van der Waals surface area contributed by atoms with Gasteiger partial charge in [0.1, 0.15) is 0 Å². The largest absolute Gasteiger partial charge is 0.478 e. The van der Waals surface area contributed by atoms with Gasteiger partial charge in [0, 0.05) is 34.7 Å². The van der Waals surface area contributed by atoms with Crippen LogP contribution in [0.15, 0.2) is 77.3 Å². The molecule has 6 heteroatoms. The molecule has 0 spiro atoms. The molecule has 0 aliphatic carbocycles. The first-order valence-corrected chi connectivity index (χ1v) is 10.5. The fraction of sp³-hybridized carbons (Fsp3) is 0.167. The van der Waals surface area contributed by atoms with Crippen molar-refractivity contribution in [2.45, 2.75) is 12.3 Å². The van der Waals surface area contributed by atoms with Crippen molar-refractivity contribution in [3.8, 4) is 0 Å². The molecule has 1 fully saturated rings. The first kappa shape index (κ1) is 20.2. The summed E-state index contributed by atoms with van der Waals surface area (Å²) >= 11 is 3.34. The van der Waals surface area contributed by atoms with Gasteiger partial charge in [0.05, 0.1) is 11.3 Å². The smallest absolute Gasteiger partial charge is 0.337 e. The van der Waals surface area contributed by atoms with E-state index in [-0.39, 0.29) is 11.5 Å². The summed E-state index contributed by atoms with van der Waals surface area (Å²) in [6, 6.07) is 22.4. The topological polar surface area (TPSA) is 69.6 Å². The number of carboxylic acids is 1.